The number of ether oxygens (including phenoxy) is 1. The first kappa shape index (κ1) is 45.0. The molecular weight excluding hydrogens is 740 g/mol. The number of guanidine groups is 1. The van der Waals surface area contributed by atoms with Crippen molar-refractivity contribution < 1.29 is 58.7 Å². The third kappa shape index (κ3) is 14.0. The summed E-state index contributed by atoms with van der Waals surface area (Å²) in [5.41, 5.74) is 16.9. The maximum atomic E-state index is 13.9. The fraction of sp³-hybridized carbons (Fsp3) is 0.588. The van der Waals surface area contributed by atoms with Gasteiger partial charge in [0.25, 0.3) is 5.91 Å². The number of aliphatic imine (C=N–C) groups is 1. The minimum Gasteiger partial charge on any atom is -0.481 e. The van der Waals surface area contributed by atoms with Gasteiger partial charge in [-0.3, -0.25) is 38.6 Å². The highest BCUT2D eigenvalue weighted by molar-refractivity contribution is 5.98. The summed E-state index contributed by atoms with van der Waals surface area (Å²) >= 11 is 0. The van der Waals surface area contributed by atoms with Crippen LogP contribution in [-0.2, 0) is 44.7 Å². The highest BCUT2D eigenvalue weighted by Gasteiger charge is 2.46. The Labute approximate surface area is 321 Å². The van der Waals surface area contributed by atoms with Gasteiger partial charge in [-0.1, -0.05) is 30.3 Å². The number of carbonyl (C=O) groups excluding carboxylic acids is 6. The Morgan fingerprint density at radius 3 is 2.04 bits per heavy atom. The van der Waals surface area contributed by atoms with E-state index >= 15 is 0 Å². The number of unbranched alkanes of at least 4 members (excludes halogenated alkanes) is 1. The summed E-state index contributed by atoms with van der Waals surface area (Å²) < 4.78 is 5.39. The average Bonchev–Trinajstić information content (AvgIpc) is 3.15. The quantitative estimate of drug-likeness (QED) is 0.0447. The van der Waals surface area contributed by atoms with Gasteiger partial charge in [0.1, 0.15) is 42.5 Å². The second-order valence-corrected chi connectivity index (χ2v) is 13.3. The van der Waals surface area contributed by atoms with Gasteiger partial charge < -0.3 is 74.3 Å². The zero-order valence-electron chi connectivity index (χ0n) is 30.6. The molecule has 2 heterocycles. The SMILES string of the molecule is NC[C@@H]1O[C@H](C(=O)NCCCC[C@@H]2NC(=O)[C@@H](Cc3ccccc3)NC(=O)[C@H](CC(=O)O)NC(=O)CNC(=O)[C@H](CCCN=C(N)N)NC2=O)[C@H](O)[C@H](O)[C@H]1O. The lowest BCUT2D eigenvalue weighted by Gasteiger charge is -2.39. The Morgan fingerprint density at radius 1 is 0.786 bits per heavy atom. The molecule has 1 aromatic carbocycles. The fourth-order valence-electron chi connectivity index (χ4n) is 5.98. The number of carboxylic acid groups (broad SMARTS) is 1. The number of amides is 6. The highest BCUT2D eigenvalue weighted by atomic mass is 16.5. The average molecular weight is 793 g/mol. The van der Waals surface area contributed by atoms with Crippen LogP contribution in [0.25, 0.3) is 0 Å². The standard InChI is InChI=1S/C34H52N10O12/c35-15-22-25(48)26(49)27(50)28(56-22)33(55)38-11-5-4-9-19-30(52)42-18(10-6-12-39-34(36)37)29(51)40-16-23(45)41-21(14-24(46)47)32(54)44-20(31(53)43-19)13-17-7-2-1-3-8-17/h1-3,7-8,18-22,25-28,48-50H,4-6,9-16,35H2,(H,38,55)(H,40,51)(H,41,45)(H,42,52)(H,43,53)(H,44,54)(H,46,47)(H4,36,37,39)/t18-,19-,20+,21-,22-,25-,26+,27+,28-/m0/s1. The lowest BCUT2D eigenvalue weighted by atomic mass is 9.94. The van der Waals surface area contributed by atoms with Gasteiger partial charge in [0.2, 0.25) is 29.5 Å². The first-order valence-corrected chi connectivity index (χ1v) is 18.1. The zero-order chi connectivity index (χ0) is 41.4. The van der Waals surface area contributed by atoms with Gasteiger partial charge in [0.05, 0.1) is 19.1 Å². The normalized spacial score (nSPS) is 27.9. The van der Waals surface area contributed by atoms with E-state index < -0.39 is 109 Å². The first-order chi connectivity index (χ1) is 26.6. The number of hydrogen-bond donors (Lipinski definition) is 13. The van der Waals surface area contributed by atoms with Gasteiger partial charge in [0.15, 0.2) is 12.1 Å². The molecule has 0 aliphatic carbocycles. The molecule has 6 amide bonds. The zero-order valence-corrected chi connectivity index (χ0v) is 30.6. The van der Waals surface area contributed by atoms with E-state index in [2.05, 4.69) is 36.9 Å². The van der Waals surface area contributed by atoms with Crippen molar-refractivity contribution in [2.75, 3.05) is 26.2 Å². The lowest BCUT2D eigenvalue weighted by molar-refractivity contribution is -0.217. The van der Waals surface area contributed by atoms with Gasteiger partial charge >= 0.3 is 5.97 Å². The number of carbonyl (C=O) groups is 7. The van der Waals surface area contributed by atoms with Crippen molar-refractivity contribution >= 4 is 47.4 Å². The second kappa shape index (κ2) is 22.2. The van der Waals surface area contributed by atoms with Crippen LogP contribution >= 0.6 is 0 Å². The van der Waals surface area contributed by atoms with Gasteiger partial charge in [0, 0.05) is 26.1 Å². The molecule has 2 aliphatic heterocycles. The molecule has 3 rings (SSSR count). The molecule has 0 radical (unpaired) electrons. The number of carboxylic acids is 1. The minimum absolute atomic E-state index is 0.00581. The van der Waals surface area contributed by atoms with Crippen molar-refractivity contribution in [3.8, 4) is 0 Å². The number of aliphatic carboxylic acids is 1. The predicted molar refractivity (Wildman–Crippen MR) is 196 cm³/mol. The van der Waals surface area contributed by atoms with E-state index in [-0.39, 0.29) is 64.1 Å². The Hall–Kier alpha value is -5.42. The number of rotatable bonds is 15. The number of aliphatic hydroxyl groups is 3. The molecule has 0 spiro atoms. The molecule has 0 saturated carbocycles. The Balaban J connectivity index is 1.84. The summed E-state index contributed by atoms with van der Waals surface area (Å²) in [4.78, 5) is 95.4. The van der Waals surface area contributed by atoms with Crippen LogP contribution in [0.2, 0.25) is 0 Å². The van der Waals surface area contributed by atoms with Gasteiger partial charge in [-0.05, 0) is 37.7 Å². The smallest absolute Gasteiger partial charge is 0.305 e. The van der Waals surface area contributed by atoms with Crippen LogP contribution in [0.4, 0.5) is 0 Å². The molecule has 56 heavy (non-hydrogen) atoms. The van der Waals surface area contributed by atoms with E-state index in [9.17, 15) is 54.0 Å². The molecule has 22 nitrogen and oxygen atoms in total. The Kier molecular flexibility index (Phi) is 17.8. The third-order valence-electron chi connectivity index (χ3n) is 9.00. The van der Waals surface area contributed by atoms with E-state index in [0.717, 1.165) is 0 Å². The lowest BCUT2D eigenvalue weighted by Crippen LogP contribution is -2.62. The van der Waals surface area contributed by atoms with Crippen molar-refractivity contribution in [1.82, 2.24) is 31.9 Å². The number of aliphatic hydroxyl groups excluding tert-OH is 3. The van der Waals surface area contributed by atoms with Crippen molar-refractivity contribution in [3.05, 3.63) is 35.9 Å². The van der Waals surface area contributed by atoms with Crippen LogP contribution in [0.5, 0.6) is 0 Å². The minimum atomic E-state index is -1.73. The molecule has 2 saturated heterocycles. The summed E-state index contributed by atoms with van der Waals surface area (Å²) in [6.07, 6.45) is -7.92. The van der Waals surface area contributed by atoms with E-state index in [0.29, 0.717) is 5.56 Å². The molecule has 2 fully saturated rings. The fourth-order valence-corrected chi connectivity index (χ4v) is 5.98. The summed E-state index contributed by atoms with van der Waals surface area (Å²) in [5, 5.41) is 54.8. The van der Waals surface area contributed by atoms with Gasteiger partial charge in [-0.2, -0.15) is 0 Å². The molecular formula is C34H52N10O12. The van der Waals surface area contributed by atoms with Crippen molar-refractivity contribution in [2.45, 2.75) is 99.6 Å². The predicted octanol–water partition coefficient (Wildman–Crippen LogP) is -6.08. The monoisotopic (exact) mass is 792 g/mol. The van der Waals surface area contributed by atoms with E-state index in [1.54, 1.807) is 30.3 Å². The van der Waals surface area contributed by atoms with Crippen LogP contribution < -0.4 is 49.1 Å². The molecule has 1 aromatic rings. The number of nitrogens with two attached hydrogens (primary N) is 3. The van der Waals surface area contributed by atoms with Crippen molar-refractivity contribution in [2.24, 2.45) is 22.2 Å². The van der Waals surface area contributed by atoms with E-state index in [1.165, 1.54) is 0 Å². The highest BCUT2D eigenvalue weighted by Crippen LogP contribution is 2.21. The van der Waals surface area contributed by atoms with Crippen molar-refractivity contribution in [3.63, 3.8) is 0 Å². The van der Waals surface area contributed by atoms with Gasteiger partial charge in [-0.25, -0.2) is 0 Å². The number of hydrogen-bond acceptors (Lipinski definition) is 13. The van der Waals surface area contributed by atoms with Crippen LogP contribution in [-0.4, -0.2) is 149 Å². The van der Waals surface area contributed by atoms with E-state index in [1.807, 2.05) is 0 Å². The Morgan fingerprint density at radius 2 is 1.39 bits per heavy atom. The maximum absolute atomic E-state index is 13.9. The molecule has 16 N–H and O–H groups in total. The first-order valence-electron chi connectivity index (χ1n) is 18.1. The second-order valence-electron chi connectivity index (χ2n) is 13.3. The molecule has 0 unspecified atom stereocenters. The number of nitrogens with zero attached hydrogens (tertiary/aromatic N) is 1. The largest absolute Gasteiger partial charge is 0.481 e. The van der Waals surface area contributed by atoms with Crippen LogP contribution in [0.1, 0.15) is 44.1 Å². The topological polar surface area (TPSA) is 372 Å². The molecule has 2 aliphatic rings. The van der Waals surface area contributed by atoms with E-state index in [4.69, 9.17) is 21.9 Å². The number of benzene rings is 1. The molecule has 0 bridgehead atoms. The number of nitrogens with one attached hydrogen (secondary N) is 6. The molecule has 9 atom stereocenters. The summed E-state index contributed by atoms with van der Waals surface area (Å²) in [7, 11) is 0. The van der Waals surface area contributed by atoms with Crippen LogP contribution in [0, 0.1) is 0 Å². The summed E-state index contributed by atoms with van der Waals surface area (Å²) in [5.74, 6) is -6.75. The summed E-state index contributed by atoms with van der Waals surface area (Å²) in [6, 6.07) is 2.94. The molecule has 310 valence electrons. The van der Waals surface area contributed by atoms with Gasteiger partial charge in [-0.15, -0.1) is 0 Å². The maximum Gasteiger partial charge on any atom is 0.305 e. The van der Waals surface area contributed by atoms with Crippen LogP contribution in [0.3, 0.4) is 0 Å². The molecule has 22 heteroatoms. The van der Waals surface area contributed by atoms with Crippen molar-refractivity contribution in [1.29, 1.82) is 0 Å². The van der Waals surface area contributed by atoms with Crippen LogP contribution in [0.15, 0.2) is 35.3 Å². The third-order valence-corrected chi connectivity index (χ3v) is 9.00. The summed E-state index contributed by atoms with van der Waals surface area (Å²) in [6.45, 7) is -0.822. The Bertz CT molecular complexity index is 1560. The molecule has 0 aromatic heterocycles.